The minimum Gasteiger partial charge on any atom is -0.381 e. The van der Waals surface area contributed by atoms with E-state index >= 15 is 0 Å². The minimum atomic E-state index is -0.246. The molecule has 2 saturated carbocycles. The van der Waals surface area contributed by atoms with Crippen LogP contribution in [0.25, 0.3) is 17.2 Å². The topological polar surface area (TPSA) is 39.2 Å². The van der Waals surface area contributed by atoms with Crippen molar-refractivity contribution in [3.63, 3.8) is 0 Å². The number of hydrogen-bond acceptors (Lipinski definition) is 3. The number of fused-ring (bicyclic) bond motifs is 1. The van der Waals surface area contributed by atoms with E-state index in [1.165, 1.54) is 12.1 Å². The normalized spacial score (nSPS) is 27.9. The average molecular weight is 365 g/mol. The van der Waals surface area contributed by atoms with Gasteiger partial charge in [-0.05, 0) is 54.5 Å². The quantitative estimate of drug-likeness (QED) is 0.772. The molecular weight excluding hydrogens is 341 g/mol. The van der Waals surface area contributed by atoms with E-state index < -0.39 is 0 Å². The van der Waals surface area contributed by atoms with E-state index in [-0.39, 0.29) is 11.9 Å². The number of carbonyl (C=O) groups excluding carboxylic acids is 1. The number of pyridine rings is 1. The van der Waals surface area contributed by atoms with Crippen LogP contribution < -0.4 is 0 Å². The number of benzene rings is 1. The Labute approximate surface area is 159 Å². The molecule has 3 nitrogen and oxygen atoms in total. The zero-order chi connectivity index (χ0) is 18.8. The fraction of sp³-hybridized carbons (Fsp3) is 0.391. The van der Waals surface area contributed by atoms with Gasteiger partial charge in [0.25, 0.3) is 0 Å². The lowest BCUT2D eigenvalue weighted by Crippen LogP contribution is -2.25. The van der Waals surface area contributed by atoms with Crippen molar-refractivity contribution in [3.8, 4) is 11.1 Å². The molecule has 4 rings (SSSR count). The van der Waals surface area contributed by atoms with Crippen LogP contribution in [-0.2, 0) is 9.53 Å². The summed E-state index contributed by atoms with van der Waals surface area (Å²) in [6.07, 6.45) is 9.53. The summed E-state index contributed by atoms with van der Waals surface area (Å²) in [5, 5.41) is 0. The van der Waals surface area contributed by atoms with Crippen molar-refractivity contribution in [3.05, 3.63) is 60.2 Å². The Bertz CT molecular complexity index is 846. The van der Waals surface area contributed by atoms with Gasteiger partial charge in [-0.3, -0.25) is 9.78 Å². The molecule has 0 N–H and O–H groups in total. The molecule has 2 fully saturated rings. The zero-order valence-electron chi connectivity index (χ0n) is 15.5. The van der Waals surface area contributed by atoms with E-state index in [4.69, 9.17) is 4.74 Å². The third kappa shape index (κ3) is 3.86. The Morgan fingerprint density at radius 2 is 2.11 bits per heavy atom. The Balaban J connectivity index is 1.49. The number of methoxy groups -OCH3 is 1. The molecule has 4 heteroatoms. The van der Waals surface area contributed by atoms with Gasteiger partial charge in [0.05, 0.1) is 11.8 Å². The molecule has 27 heavy (non-hydrogen) atoms. The first-order chi connectivity index (χ1) is 13.1. The maximum absolute atomic E-state index is 13.4. The largest absolute Gasteiger partial charge is 0.381 e. The fourth-order valence-corrected chi connectivity index (χ4v) is 4.68. The number of halogens is 1. The van der Waals surface area contributed by atoms with E-state index in [0.717, 1.165) is 29.7 Å². The van der Waals surface area contributed by atoms with Gasteiger partial charge in [0.1, 0.15) is 11.6 Å². The molecule has 0 saturated heterocycles. The molecule has 0 unspecified atom stereocenters. The van der Waals surface area contributed by atoms with Crippen LogP contribution in [0.3, 0.4) is 0 Å². The van der Waals surface area contributed by atoms with E-state index in [2.05, 4.69) is 11.1 Å². The second kappa shape index (κ2) is 7.73. The van der Waals surface area contributed by atoms with Crippen LogP contribution in [0.4, 0.5) is 4.39 Å². The van der Waals surface area contributed by atoms with Crippen LogP contribution in [0, 0.1) is 23.6 Å². The predicted molar refractivity (Wildman–Crippen MR) is 103 cm³/mol. The van der Waals surface area contributed by atoms with Crippen molar-refractivity contribution in [2.24, 2.45) is 17.8 Å². The number of hydrogen-bond donors (Lipinski definition) is 0. The van der Waals surface area contributed by atoms with Crippen molar-refractivity contribution in [2.75, 3.05) is 7.11 Å². The number of nitrogens with zero attached hydrogens (tertiary/aromatic N) is 1. The molecule has 0 bridgehead atoms. The van der Waals surface area contributed by atoms with Crippen LogP contribution in [0.1, 0.15) is 31.4 Å². The predicted octanol–water partition coefficient (Wildman–Crippen LogP) is 4.92. The van der Waals surface area contributed by atoms with Crippen molar-refractivity contribution < 1.29 is 13.9 Å². The van der Waals surface area contributed by atoms with Crippen molar-refractivity contribution in [1.82, 2.24) is 4.98 Å². The third-order valence-electron chi connectivity index (χ3n) is 6.05. The van der Waals surface area contributed by atoms with Gasteiger partial charge in [0.15, 0.2) is 0 Å². The summed E-state index contributed by atoms with van der Waals surface area (Å²) in [4.78, 5) is 16.3. The van der Waals surface area contributed by atoms with Gasteiger partial charge in [0, 0.05) is 37.6 Å². The molecule has 1 aromatic carbocycles. The Morgan fingerprint density at radius 1 is 1.22 bits per heavy atom. The second-order valence-corrected chi connectivity index (χ2v) is 7.63. The summed E-state index contributed by atoms with van der Waals surface area (Å²) in [5.41, 5.74) is 2.59. The number of Topliss-reactive ketones (excluding diaryl/α,β-unsaturated/α-hetero) is 1. The SMILES string of the molecule is CO[C@H]1C[C@@H]2CC(=O)CC[C@H]2[C@@H]1C=Cc1ccc(-c2cccc(F)c2)cn1. The van der Waals surface area contributed by atoms with Crippen LogP contribution in [0.2, 0.25) is 0 Å². The molecule has 4 atom stereocenters. The Hall–Kier alpha value is -2.33. The highest BCUT2D eigenvalue weighted by molar-refractivity contribution is 5.79. The maximum atomic E-state index is 13.4. The summed E-state index contributed by atoms with van der Waals surface area (Å²) in [7, 11) is 1.76. The van der Waals surface area contributed by atoms with Gasteiger partial charge in [-0.1, -0.05) is 24.3 Å². The van der Waals surface area contributed by atoms with E-state index in [1.807, 2.05) is 24.3 Å². The van der Waals surface area contributed by atoms with E-state index in [9.17, 15) is 9.18 Å². The second-order valence-electron chi connectivity index (χ2n) is 7.63. The summed E-state index contributed by atoms with van der Waals surface area (Å²) >= 11 is 0. The van der Waals surface area contributed by atoms with Gasteiger partial charge in [-0.2, -0.15) is 0 Å². The van der Waals surface area contributed by atoms with Gasteiger partial charge in [-0.15, -0.1) is 0 Å². The summed E-state index contributed by atoms with van der Waals surface area (Å²) in [5.74, 6) is 1.46. The molecule has 2 aliphatic rings. The first-order valence-corrected chi connectivity index (χ1v) is 9.59. The van der Waals surface area contributed by atoms with Crippen LogP contribution >= 0.6 is 0 Å². The van der Waals surface area contributed by atoms with Gasteiger partial charge < -0.3 is 4.74 Å². The molecule has 2 aliphatic carbocycles. The maximum Gasteiger partial charge on any atom is 0.133 e. The van der Waals surface area contributed by atoms with E-state index in [0.29, 0.717) is 36.4 Å². The summed E-state index contributed by atoms with van der Waals surface area (Å²) in [6.45, 7) is 0. The van der Waals surface area contributed by atoms with Crippen LogP contribution in [0.15, 0.2) is 48.7 Å². The molecule has 2 aromatic rings. The molecule has 0 spiro atoms. The lowest BCUT2D eigenvalue weighted by Gasteiger charge is -2.27. The standard InChI is InChI=1S/C23H24FNO2/c1-27-23-13-17-12-20(26)8-10-21(17)22(23)9-7-19-6-5-16(14-25-19)15-3-2-4-18(24)11-15/h2-7,9,11,14,17,21-23H,8,10,12-13H2,1H3/t17-,21+,22-,23-/m0/s1. The molecule has 140 valence electrons. The van der Waals surface area contributed by atoms with Crippen LogP contribution in [0.5, 0.6) is 0 Å². The molecule has 0 aliphatic heterocycles. The van der Waals surface area contributed by atoms with E-state index in [1.54, 1.807) is 19.4 Å². The summed E-state index contributed by atoms with van der Waals surface area (Å²) in [6, 6.07) is 10.4. The molecule has 0 amide bonds. The zero-order valence-corrected chi connectivity index (χ0v) is 15.5. The van der Waals surface area contributed by atoms with Gasteiger partial charge in [0.2, 0.25) is 0 Å². The highest BCUT2D eigenvalue weighted by Crippen LogP contribution is 2.46. The highest BCUT2D eigenvalue weighted by atomic mass is 19.1. The van der Waals surface area contributed by atoms with Crippen molar-refractivity contribution in [1.29, 1.82) is 0 Å². The lowest BCUT2D eigenvalue weighted by molar-refractivity contribution is -0.122. The lowest BCUT2D eigenvalue weighted by atomic mass is 9.77. The first-order valence-electron chi connectivity index (χ1n) is 9.59. The number of rotatable bonds is 4. The Kier molecular flexibility index (Phi) is 5.17. The number of carbonyl (C=O) groups is 1. The number of ketones is 1. The minimum absolute atomic E-state index is 0.175. The van der Waals surface area contributed by atoms with Crippen molar-refractivity contribution >= 4 is 11.9 Å². The summed E-state index contributed by atoms with van der Waals surface area (Å²) < 4.78 is 19.1. The molecule has 1 heterocycles. The van der Waals surface area contributed by atoms with Gasteiger partial charge >= 0.3 is 0 Å². The monoisotopic (exact) mass is 365 g/mol. The average Bonchev–Trinajstić information content (AvgIpc) is 3.03. The third-order valence-corrected chi connectivity index (χ3v) is 6.05. The smallest absolute Gasteiger partial charge is 0.133 e. The number of aromatic nitrogens is 1. The molecule has 0 radical (unpaired) electrons. The fourth-order valence-electron chi connectivity index (χ4n) is 4.68. The molecular formula is C23H24FNO2. The van der Waals surface area contributed by atoms with Gasteiger partial charge in [-0.25, -0.2) is 4.39 Å². The first kappa shape index (κ1) is 18.1. The van der Waals surface area contributed by atoms with Crippen molar-refractivity contribution in [2.45, 2.75) is 31.8 Å². The van der Waals surface area contributed by atoms with Crippen LogP contribution in [-0.4, -0.2) is 24.0 Å². The molecule has 1 aromatic heterocycles. The number of ether oxygens (including phenoxy) is 1. The highest BCUT2D eigenvalue weighted by Gasteiger charge is 2.44. The Morgan fingerprint density at radius 3 is 2.85 bits per heavy atom.